The first kappa shape index (κ1) is 38.0. The maximum absolute atomic E-state index is 15.7. The van der Waals surface area contributed by atoms with E-state index in [4.69, 9.17) is 4.74 Å². The van der Waals surface area contributed by atoms with Crippen LogP contribution in [0, 0.1) is 20.2 Å². The molecule has 4 aromatic carbocycles. The molecule has 0 aliphatic rings. The smallest absolute Gasteiger partial charge is 0.433 e. The molecule has 21 heteroatoms. The van der Waals surface area contributed by atoms with Crippen LogP contribution in [0.25, 0.3) is 0 Å². The van der Waals surface area contributed by atoms with Gasteiger partial charge in [-0.1, -0.05) is 24.3 Å². The fraction of sp³-hybridized carbons (Fsp3) is 0.200. The molecule has 2 N–H and O–H groups in total. The summed E-state index contributed by atoms with van der Waals surface area (Å²) in [6, 6.07) is 3.02. The lowest BCUT2D eigenvalue weighted by molar-refractivity contribution is -0.386. The van der Waals surface area contributed by atoms with Gasteiger partial charge in [0, 0.05) is 34.4 Å². The molecule has 0 radical (unpaired) electrons. The molecule has 4 aromatic rings. The topological polar surface area (TPSA) is 136 Å². The lowest BCUT2D eigenvalue weighted by Crippen LogP contribution is -2.51. The van der Waals surface area contributed by atoms with E-state index in [0.717, 1.165) is 0 Å². The molecule has 0 saturated heterocycles. The van der Waals surface area contributed by atoms with Crippen LogP contribution in [0.1, 0.15) is 22.3 Å². The van der Waals surface area contributed by atoms with Gasteiger partial charge in [-0.3, -0.25) is 20.2 Å². The van der Waals surface area contributed by atoms with Crippen LogP contribution < -0.4 is 4.74 Å². The Hall–Kier alpha value is -5.76. The second-order valence-electron chi connectivity index (χ2n) is 10.5. The molecule has 0 aliphatic carbocycles. The third-order valence-corrected chi connectivity index (χ3v) is 7.46. The van der Waals surface area contributed by atoms with Crippen molar-refractivity contribution in [3.8, 4) is 23.0 Å². The molecule has 0 spiro atoms. The van der Waals surface area contributed by atoms with Crippen LogP contribution in [0.2, 0.25) is 0 Å². The number of hydrogen-bond donors (Lipinski definition) is 2. The molecular weight excluding hydrogens is 728 g/mol. The Balaban J connectivity index is 1.68. The molecule has 2 unspecified atom stereocenters. The van der Waals surface area contributed by atoms with Crippen molar-refractivity contribution in [2.24, 2.45) is 0 Å². The second kappa shape index (κ2) is 12.5. The van der Waals surface area contributed by atoms with Crippen molar-refractivity contribution < 1.29 is 77.5 Å². The van der Waals surface area contributed by atoms with Crippen molar-refractivity contribution in [2.75, 3.05) is 0 Å². The summed E-state index contributed by atoms with van der Waals surface area (Å²) < 4.78 is 181. The SMILES string of the molecule is O=[N+]([O-])c1cc(C(F)(F)C(F)(c2ccc(Oc3ccc(C(F)(C(F)(F)F)C(F)(F)c4ccc(O)c([N+](=O)[O-])c4)cc3)cc2)C(F)(F)F)ccc1O. The molecule has 0 aromatic heterocycles. The van der Waals surface area contributed by atoms with E-state index in [9.17, 15) is 56.8 Å². The van der Waals surface area contributed by atoms with E-state index in [2.05, 4.69) is 0 Å². The zero-order valence-corrected chi connectivity index (χ0v) is 24.4. The standard InChI is InChI=1S/C30H16F12N2O7/c31-25(29(37,38)39,27(33,34)17-5-11-23(45)21(13-17)43(47)48)15-1-7-19(8-2-15)51-20-9-3-16(4-10-20)26(32,30(40,41)42)28(35,36)18-6-12-24(46)22(14-18)44(49)50/h1-14,45-46H. The number of nitrogens with zero attached hydrogens (tertiary/aromatic N) is 2. The van der Waals surface area contributed by atoms with Crippen LogP contribution in [0.5, 0.6) is 23.0 Å². The van der Waals surface area contributed by atoms with Crippen molar-refractivity contribution in [3.63, 3.8) is 0 Å². The Labute approximate surface area is 275 Å². The number of alkyl halides is 12. The molecule has 0 fully saturated rings. The number of phenolic OH excluding ortho intramolecular Hbond substituents is 2. The van der Waals surface area contributed by atoms with Gasteiger partial charge in [0.1, 0.15) is 11.5 Å². The highest BCUT2D eigenvalue weighted by Crippen LogP contribution is 2.59. The van der Waals surface area contributed by atoms with Crippen LogP contribution in [0.3, 0.4) is 0 Å². The molecule has 0 aliphatic heterocycles. The van der Waals surface area contributed by atoms with E-state index in [1.807, 2.05) is 0 Å². The number of hydrogen-bond acceptors (Lipinski definition) is 7. The molecular formula is C30H16F12N2O7. The quantitative estimate of drug-likeness (QED) is 0.0938. The summed E-state index contributed by atoms with van der Waals surface area (Å²) in [5.41, 5.74) is -21.2. The van der Waals surface area contributed by atoms with Crippen molar-refractivity contribution in [1.82, 2.24) is 0 Å². The Morgan fingerprint density at radius 3 is 1.00 bits per heavy atom. The second-order valence-corrected chi connectivity index (χ2v) is 10.5. The van der Waals surface area contributed by atoms with Gasteiger partial charge in [-0.2, -0.15) is 43.9 Å². The summed E-state index contributed by atoms with van der Waals surface area (Å²) in [6.07, 6.45) is -12.8. The van der Waals surface area contributed by atoms with E-state index >= 15 is 26.3 Å². The summed E-state index contributed by atoms with van der Waals surface area (Å²) in [5.74, 6) is -14.7. The van der Waals surface area contributed by atoms with E-state index in [0.29, 0.717) is 24.3 Å². The van der Waals surface area contributed by atoms with Gasteiger partial charge in [-0.05, 0) is 48.5 Å². The minimum atomic E-state index is -6.38. The number of nitro benzene ring substituents is 2. The van der Waals surface area contributed by atoms with Gasteiger partial charge in [0.05, 0.1) is 9.85 Å². The zero-order valence-electron chi connectivity index (χ0n) is 24.4. The molecule has 0 heterocycles. The van der Waals surface area contributed by atoms with Gasteiger partial charge in [0.25, 0.3) is 11.3 Å². The molecule has 51 heavy (non-hydrogen) atoms. The summed E-state index contributed by atoms with van der Waals surface area (Å²) >= 11 is 0. The molecule has 2 atom stereocenters. The molecule has 9 nitrogen and oxygen atoms in total. The lowest BCUT2D eigenvalue weighted by atomic mass is 9.84. The normalized spacial score (nSPS) is 15.1. The van der Waals surface area contributed by atoms with Gasteiger partial charge < -0.3 is 14.9 Å². The van der Waals surface area contributed by atoms with Gasteiger partial charge in [-0.25, -0.2) is 8.78 Å². The highest BCUT2D eigenvalue weighted by atomic mass is 19.4. The zero-order chi connectivity index (χ0) is 38.5. The number of benzene rings is 4. The number of phenols is 2. The monoisotopic (exact) mass is 744 g/mol. The van der Waals surface area contributed by atoms with Crippen molar-refractivity contribution >= 4 is 11.4 Å². The summed E-state index contributed by atoms with van der Waals surface area (Å²) in [4.78, 5) is 19.2. The van der Waals surface area contributed by atoms with Crippen LogP contribution in [0.4, 0.5) is 64.1 Å². The molecule has 0 bridgehead atoms. The minimum Gasteiger partial charge on any atom is -0.502 e. The van der Waals surface area contributed by atoms with Gasteiger partial charge >= 0.3 is 35.6 Å². The van der Waals surface area contributed by atoms with E-state index in [1.54, 1.807) is 0 Å². The first-order valence-corrected chi connectivity index (χ1v) is 13.4. The largest absolute Gasteiger partial charge is 0.502 e. The Morgan fingerprint density at radius 1 is 0.471 bits per heavy atom. The fourth-order valence-corrected chi connectivity index (χ4v) is 4.81. The summed E-state index contributed by atoms with van der Waals surface area (Å²) in [5, 5.41) is 40.9. The number of aromatic hydroxyl groups is 2. The maximum atomic E-state index is 15.7. The van der Waals surface area contributed by atoms with Crippen LogP contribution in [-0.2, 0) is 23.2 Å². The maximum Gasteiger partial charge on any atom is 0.433 e. The molecule has 4 rings (SSSR count). The average molecular weight is 744 g/mol. The number of ether oxygens (including phenoxy) is 1. The van der Waals surface area contributed by atoms with Crippen LogP contribution in [-0.4, -0.2) is 32.4 Å². The van der Waals surface area contributed by atoms with Crippen molar-refractivity contribution in [1.29, 1.82) is 0 Å². The van der Waals surface area contributed by atoms with E-state index in [-0.39, 0.29) is 60.7 Å². The third-order valence-electron chi connectivity index (χ3n) is 7.46. The first-order valence-electron chi connectivity index (χ1n) is 13.4. The van der Waals surface area contributed by atoms with Crippen LogP contribution >= 0.6 is 0 Å². The van der Waals surface area contributed by atoms with Gasteiger partial charge in [0.2, 0.25) is 0 Å². The lowest BCUT2D eigenvalue weighted by Gasteiger charge is -2.35. The van der Waals surface area contributed by atoms with Crippen molar-refractivity contribution in [2.45, 2.75) is 35.5 Å². The predicted octanol–water partition coefficient (Wildman–Crippen LogP) is 9.74. The number of rotatable bonds is 10. The highest BCUT2D eigenvalue weighted by molar-refractivity contribution is 5.51. The average Bonchev–Trinajstić information content (AvgIpc) is 3.03. The molecule has 272 valence electrons. The first-order chi connectivity index (χ1) is 23.3. The van der Waals surface area contributed by atoms with Crippen LogP contribution in [0.15, 0.2) is 84.9 Å². The minimum absolute atomic E-state index is 0.124. The molecule has 0 amide bonds. The summed E-state index contributed by atoms with van der Waals surface area (Å²) in [7, 11) is 0. The van der Waals surface area contributed by atoms with E-state index < -0.39 is 102 Å². The van der Waals surface area contributed by atoms with Gasteiger partial charge in [-0.15, -0.1) is 0 Å². The van der Waals surface area contributed by atoms with Gasteiger partial charge in [0.15, 0.2) is 11.5 Å². The molecule has 0 saturated carbocycles. The van der Waals surface area contributed by atoms with Crippen molar-refractivity contribution in [3.05, 3.63) is 127 Å². The predicted molar refractivity (Wildman–Crippen MR) is 148 cm³/mol. The Morgan fingerprint density at radius 2 is 0.745 bits per heavy atom. The highest BCUT2D eigenvalue weighted by Gasteiger charge is 2.74. The number of halogens is 12. The Kier molecular flexibility index (Phi) is 9.35. The Bertz CT molecular complexity index is 1830. The number of nitro groups is 2. The third kappa shape index (κ3) is 6.27. The fourth-order valence-electron chi connectivity index (χ4n) is 4.81. The van der Waals surface area contributed by atoms with E-state index in [1.165, 1.54) is 0 Å². The summed E-state index contributed by atoms with van der Waals surface area (Å²) in [6.45, 7) is 0.